The fourth-order valence-corrected chi connectivity index (χ4v) is 2.87. The number of rotatable bonds is 3. The summed E-state index contributed by atoms with van der Waals surface area (Å²) in [6.07, 6.45) is 7.15. The molecule has 0 aliphatic carbocycles. The van der Waals surface area contributed by atoms with Crippen molar-refractivity contribution < 1.29 is 8.78 Å². The van der Waals surface area contributed by atoms with E-state index in [9.17, 15) is 8.78 Å². The molecule has 1 aliphatic rings. The standard InChI is InChI=1S/C16H17F2N3/c17-14-4-1-5-15(18)13(14)11-21-8-2-3-12(10-21)16-9-19-6-7-20-16/h1,4-7,9,12H,2-3,8,10-11H2/t12-/m0/s1. The number of aromatic nitrogens is 2. The number of likely N-dealkylation sites (tertiary alicyclic amines) is 1. The number of nitrogens with zero attached hydrogens (tertiary/aromatic N) is 3. The van der Waals surface area contributed by atoms with E-state index >= 15 is 0 Å². The van der Waals surface area contributed by atoms with Gasteiger partial charge in [0.2, 0.25) is 0 Å². The summed E-state index contributed by atoms with van der Waals surface area (Å²) in [5.41, 5.74) is 1.11. The zero-order valence-electron chi connectivity index (χ0n) is 11.7. The van der Waals surface area contributed by atoms with E-state index in [-0.39, 0.29) is 11.5 Å². The molecule has 0 bridgehead atoms. The molecular formula is C16H17F2N3. The van der Waals surface area contributed by atoms with Crippen LogP contribution in [0.25, 0.3) is 0 Å². The summed E-state index contributed by atoms with van der Waals surface area (Å²) >= 11 is 0. The van der Waals surface area contributed by atoms with Gasteiger partial charge in [-0.05, 0) is 31.5 Å². The molecule has 1 atom stereocenters. The average molecular weight is 289 g/mol. The summed E-state index contributed by atoms with van der Waals surface area (Å²) in [7, 11) is 0. The Kier molecular flexibility index (Phi) is 4.20. The second-order valence-corrected chi connectivity index (χ2v) is 5.40. The molecule has 1 aromatic heterocycles. The van der Waals surface area contributed by atoms with Gasteiger partial charge in [0.1, 0.15) is 11.6 Å². The van der Waals surface area contributed by atoms with E-state index in [1.165, 1.54) is 18.2 Å². The van der Waals surface area contributed by atoms with E-state index < -0.39 is 11.6 Å². The molecule has 21 heavy (non-hydrogen) atoms. The van der Waals surface area contributed by atoms with Gasteiger partial charge in [0.05, 0.1) is 5.69 Å². The van der Waals surface area contributed by atoms with Crippen LogP contribution in [0.5, 0.6) is 0 Å². The lowest BCUT2D eigenvalue weighted by atomic mass is 9.94. The zero-order chi connectivity index (χ0) is 14.7. The van der Waals surface area contributed by atoms with Crippen LogP contribution in [-0.4, -0.2) is 28.0 Å². The Labute approximate surface area is 122 Å². The van der Waals surface area contributed by atoms with Gasteiger partial charge in [0.15, 0.2) is 0 Å². The fourth-order valence-electron chi connectivity index (χ4n) is 2.87. The molecule has 2 heterocycles. The number of benzene rings is 1. The van der Waals surface area contributed by atoms with Crippen LogP contribution < -0.4 is 0 Å². The Bertz CT molecular complexity index is 583. The van der Waals surface area contributed by atoms with Gasteiger partial charge in [-0.3, -0.25) is 14.9 Å². The van der Waals surface area contributed by atoms with Crippen molar-refractivity contribution in [2.24, 2.45) is 0 Å². The number of hydrogen-bond donors (Lipinski definition) is 0. The summed E-state index contributed by atoms with van der Waals surface area (Å²) in [5.74, 6) is -0.671. The van der Waals surface area contributed by atoms with Crippen LogP contribution in [0.2, 0.25) is 0 Å². The van der Waals surface area contributed by atoms with E-state index in [2.05, 4.69) is 14.9 Å². The highest BCUT2D eigenvalue weighted by atomic mass is 19.1. The van der Waals surface area contributed by atoms with Crippen LogP contribution in [-0.2, 0) is 6.54 Å². The predicted octanol–water partition coefficient (Wildman–Crippen LogP) is 3.13. The SMILES string of the molecule is Fc1cccc(F)c1CN1CCC[C@H](c2cnccn2)C1. The van der Waals surface area contributed by atoms with Crippen molar-refractivity contribution in [1.29, 1.82) is 0 Å². The van der Waals surface area contributed by atoms with E-state index in [1.807, 2.05) is 0 Å². The van der Waals surface area contributed by atoms with Crippen molar-refractivity contribution in [1.82, 2.24) is 14.9 Å². The molecule has 0 unspecified atom stereocenters. The highest BCUT2D eigenvalue weighted by Gasteiger charge is 2.24. The Morgan fingerprint density at radius 2 is 2.00 bits per heavy atom. The summed E-state index contributed by atoms with van der Waals surface area (Å²) in [6.45, 7) is 1.91. The maximum absolute atomic E-state index is 13.7. The monoisotopic (exact) mass is 289 g/mol. The number of halogens is 2. The Balaban J connectivity index is 1.72. The third-order valence-electron chi connectivity index (χ3n) is 3.95. The lowest BCUT2D eigenvalue weighted by molar-refractivity contribution is 0.193. The second-order valence-electron chi connectivity index (χ2n) is 5.40. The first kappa shape index (κ1) is 14.1. The van der Waals surface area contributed by atoms with Crippen molar-refractivity contribution in [3.05, 3.63) is 59.7 Å². The van der Waals surface area contributed by atoms with Gasteiger partial charge in [0.25, 0.3) is 0 Å². The van der Waals surface area contributed by atoms with E-state index in [4.69, 9.17) is 0 Å². The molecule has 5 heteroatoms. The molecular weight excluding hydrogens is 272 g/mol. The maximum Gasteiger partial charge on any atom is 0.130 e. The van der Waals surface area contributed by atoms with Gasteiger partial charge >= 0.3 is 0 Å². The van der Waals surface area contributed by atoms with E-state index in [0.717, 1.165) is 31.6 Å². The van der Waals surface area contributed by atoms with Crippen molar-refractivity contribution in [2.75, 3.05) is 13.1 Å². The molecule has 110 valence electrons. The predicted molar refractivity (Wildman–Crippen MR) is 75.6 cm³/mol. The van der Waals surface area contributed by atoms with Gasteiger partial charge in [-0.2, -0.15) is 0 Å². The van der Waals surface area contributed by atoms with E-state index in [0.29, 0.717) is 6.54 Å². The molecule has 2 aromatic rings. The van der Waals surface area contributed by atoms with Crippen LogP contribution in [0.15, 0.2) is 36.8 Å². The third-order valence-corrected chi connectivity index (χ3v) is 3.95. The molecule has 1 fully saturated rings. The van der Waals surface area contributed by atoms with Crippen LogP contribution in [0.4, 0.5) is 8.78 Å². The normalized spacial score (nSPS) is 19.6. The third kappa shape index (κ3) is 3.24. The topological polar surface area (TPSA) is 29.0 Å². The molecule has 1 saturated heterocycles. The highest BCUT2D eigenvalue weighted by molar-refractivity contribution is 5.20. The van der Waals surface area contributed by atoms with Crippen molar-refractivity contribution in [3.8, 4) is 0 Å². The summed E-state index contributed by atoms with van der Waals surface area (Å²) < 4.78 is 27.5. The smallest absolute Gasteiger partial charge is 0.130 e. The van der Waals surface area contributed by atoms with E-state index in [1.54, 1.807) is 18.6 Å². The molecule has 0 saturated carbocycles. The first-order chi connectivity index (χ1) is 10.2. The minimum absolute atomic E-state index is 0.150. The molecule has 1 aromatic carbocycles. The van der Waals surface area contributed by atoms with Crippen LogP contribution in [0.1, 0.15) is 30.0 Å². The highest BCUT2D eigenvalue weighted by Crippen LogP contribution is 2.26. The average Bonchev–Trinajstić information content (AvgIpc) is 2.52. The maximum atomic E-state index is 13.7. The molecule has 0 N–H and O–H groups in total. The summed E-state index contributed by atoms with van der Waals surface area (Å²) in [6, 6.07) is 4.01. The Morgan fingerprint density at radius 3 is 2.71 bits per heavy atom. The lowest BCUT2D eigenvalue weighted by Crippen LogP contribution is -2.34. The van der Waals surface area contributed by atoms with Crippen LogP contribution >= 0.6 is 0 Å². The lowest BCUT2D eigenvalue weighted by Gasteiger charge is -2.32. The van der Waals surface area contributed by atoms with Gasteiger partial charge in [0, 0.05) is 43.2 Å². The molecule has 0 amide bonds. The Morgan fingerprint density at radius 1 is 1.19 bits per heavy atom. The zero-order valence-corrected chi connectivity index (χ0v) is 11.7. The minimum atomic E-state index is -0.475. The summed E-state index contributed by atoms with van der Waals surface area (Å²) in [5, 5.41) is 0. The first-order valence-corrected chi connectivity index (χ1v) is 7.15. The van der Waals surface area contributed by atoms with Gasteiger partial charge in [-0.25, -0.2) is 8.78 Å². The summed E-state index contributed by atoms with van der Waals surface area (Å²) in [4.78, 5) is 10.5. The largest absolute Gasteiger partial charge is 0.298 e. The fraction of sp³-hybridized carbons (Fsp3) is 0.375. The van der Waals surface area contributed by atoms with Crippen molar-refractivity contribution in [2.45, 2.75) is 25.3 Å². The van der Waals surface area contributed by atoms with Crippen LogP contribution in [0, 0.1) is 11.6 Å². The number of hydrogen-bond acceptors (Lipinski definition) is 3. The van der Waals surface area contributed by atoms with Crippen LogP contribution in [0.3, 0.4) is 0 Å². The first-order valence-electron chi connectivity index (χ1n) is 7.15. The van der Waals surface area contributed by atoms with Gasteiger partial charge < -0.3 is 0 Å². The number of piperidine rings is 1. The van der Waals surface area contributed by atoms with Crippen molar-refractivity contribution in [3.63, 3.8) is 0 Å². The molecule has 3 rings (SSSR count). The molecule has 0 spiro atoms. The van der Waals surface area contributed by atoms with Crippen molar-refractivity contribution >= 4 is 0 Å². The van der Waals surface area contributed by atoms with Gasteiger partial charge in [-0.15, -0.1) is 0 Å². The molecule has 1 aliphatic heterocycles. The molecule has 0 radical (unpaired) electrons. The minimum Gasteiger partial charge on any atom is -0.298 e. The Hall–Kier alpha value is -1.88. The van der Waals surface area contributed by atoms with Gasteiger partial charge in [-0.1, -0.05) is 6.07 Å². The second kappa shape index (κ2) is 6.26. The quantitative estimate of drug-likeness (QED) is 0.869. The molecule has 3 nitrogen and oxygen atoms in total.